The zero-order chi connectivity index (χ0) is 13.1. The summed E-state index contributed by atoms with van der Waals surface area (Å²) in [6.07, 6.45) is 5.19. The van der Waals surface area contributed by atoms with E-state index in [2.05, 4.69) is 17.1 Å². The summed E-state index contributed by atoms with van der Waals surface area (Å²) in [6.45, 7) is 5.13. The van der Waals surface area contributed by atoms with Gasteiger partial charge in [-0.2, -0.15) is 0 Å². The van der Waals surface area contributed by atoms with Gasteiger partial charge in [-0.05, 0) is 18.8 Å². The summed E-state index contributed by atoms with van der Waals surface area (Å²) in [6, 6.07) is 0.678. The van der Waals surface area contributed by atoms with Crippen LogP contribution in [-0.4, -0.2) is 61.5 Å². The summed E-state index contributed by atoms with van der Waals surface area (Å²) in [5.41, 5.74) is 0. The Labute approximate surface area is 111 Å². The zero-order valence-electron chi connectivity index (χ0n) is 12.0. The number of rotatable bonds is 3. The molecule has 3 atom stereocenters. The molecule has 1 aliphatic heterocycles. The van der Waals surface area contributed by atoms with Crippen molar-refractivity contribution in [3.05, 3.63) is 0 Å². The second kappa shape index (κ2) is 6.02. The molecule has 0 spiro atoms. The van der Waals surface area contributed by atoms with Gasteiger partial charge in [0.25, 0.3) is 0 Å². The first-order valence-electron chi connectivity index (χ1n) is 7.32. The number of carbonyl (C=O) groups excluding carboxylic acids is 1. The molecule has 2 aliphatic rings. The fraction of sp³-hybridized carbons (Fsp3) is 0.929. The number of piperazine rings is 1. The lowest BCUT2D eigenvalue weighted by molar-refractivity contribution is -0.136. The molecule has 18 heavy (non-hydrogen) atoms. The number of nitrogens with zero attached hydrogens (tertiary/aromatic N) is 2. The van der Waals surface area contributed by atoms with Gasteiger partial charge in [-0.25, -0.2) is 0 Å². The molecule has 1 aliphatic carbocycles. The van der Waals surface area contributed by atoms with Crippen molar-refractivity contribution in [3.63, 3.8) is 0 Å². The van der Waals surface area contributed by atoms with Crippen LogP contribution in [0.5, 0.6) is 0 Å². The molecule has 0 aromatic rings. The minimum atomic E-state index is 0.0471. The van der Waals surface area contributed by atoms with Crippen LogP contribution < -0.4 is 5.32 Å². The van der Waals surface area contributed by atoms with Crippen molar-refractivity contribution < 1.29 is 4.79 Å². The Hall–Kier alpha value is -0.610. The number of hydrogen-bond donors (Lipinski definition) is 1. The number of carbonyl (C=O) groups is 1. The summed E-state index contributed by atoms with van der Waals surface area (Å²) in [7, 11) is 3.72. The monoisotopic (exact) mass is 253 g/mol. The Morgan fingerprint density at radius 3 is 2.83 bits per heavy atom. The van der Waals surface area contributed by atoms with Crippen molar-refractivity contribution >= 4 is 5.91 Å². The quantitative estimate of drug-likeness (QED) is 0.812. The van der Waals surface area contributed by atoms with Crippen LogP contribution in [0.1, 0.15) is 32.6 Å². The molecule has 1 N–H and O–H groups in total. The minimum absolute atomic E-state index is 0.0471. The Morgan fingerprint density at radius 1 is 1.39 bits per heavy atom. The van der Waals surface area contributed by atoms with E-state index >= 15 is 0 Å². The van der Waals surface area contributed by atoms with E-state index in [4.69, 9.17) is 0 Å². The van der Waals surface area contributed by atoms with E-state index in [1.807, 2.05) is 14.1 Å². The first-order valence-corrected chi connectivity index (χ1v) is 7.32. The van der Waals surface area contributed by atoms with Crippen molar-refractivity contribution in [1.29, 1.82) is 0 Å². The Balaban J connectivity index is 2.10. The van der Waals surface area contributed by atoms with E-state index in [1.54, 1.807) is 4.90 Å². The molecule has 3 unspecified atom stereocenters. The highest BCUT2D eigenvalue weighted by Gasteiger charge is 2.39. The lowest BCUT2D eigenvalue weighted by Crippen LogP contribution is -2.61. The Kier molecular flexibility index (Phi) is 4.62. The van der Waals surface area contributed by atoms with Gasteiger partial charge in [0, 0.05) is 39.8 Å². The molecule has 104 valence electrons. The van der Waals surface area contributed by atoms with Crippen LogP contribution in [0.4, 0.5) is 0 Å². The first kappa shape index (κ1) is 13.8. The third-order valence-corrected chi connectivity index (χ3v) is 4.58. The van der Waals surface area contributed by atoms with E-state index in [-0.39, 0.29) is 11.9 Å². The van der Waals surface area contributed by atoms with Gasteiger partial charge in [-0.1, -0.05) is 19.8 Å². The fourth-order valence-corrected chi connectivity index (χ4v) is 3.57. The highest BCUT2D eigenvalue weighted by Crippen LogP contribution is 2.33. The van der Waals surface area contributed by atoms with Gasteiger partial charge in [-0.15, -0.1) is 0 Å². The average Bonchev–Trinajstić information content (AvgIpc) is 2.85. The molecule has 1 amide bonds. The molecule has 0 aromatic heterocycles. The molecule has 4 heteroatoms. The van der Waals surface area contributed by atoms with Crippen LogP contribution in [0.25, 0.3) is 0 Å². The zero-order valence-corrected chi connectivity index (χ0v) is 12.0. The van der Waals surface area contributed by atoms with E-state index in [1.165, 1.54) is 25.7 Å². The summed E-state index contributed by atoms with van der Waals surface area (Å²) in [4.78, 5) is 16.5. The van der Waals surface area contributed by atoms with E-state index < -0.39 is 0 Å². The first-order chi connectivity index (χ1) is 8.65. The molecular formula is C14H27N3O. The third kappa shape index (κ3) is 2.69. The molecule has 2 fully saturated rings. The molecular weight excluding hydrogens is 226 g/mol. The van der Waals surface area contributed by atoms with E-state index in [0.717, 1.165) is 25.6 Å². The molecule has 0 bridgehead atoms. The second-order valence-electron chi connectivity index (χ2n) is 5.86. The fourth-order valence-electron chi connectivity index (χ4n) is 3.57. The van der Waals surface area contributed by atoms with Crippen LogP contribution in [0.3, 0.4) is 0 Å². The van der Waals surface area contributed by atoms with Crippen molar-refractivity contribution in [2.24, 2.45) is 5.92 Å². The molecule has 2 rings (SSSR count). The van der Waals surface area contributed by atoms with Crippen LogP contribution >= 0.6 is 0 Å². The van der Waals surface area contributed by atoms with Gasteiger partial charge in [-0.3, -0.25) is 9.69 Å². The predicted octanol–water partition coefficient (Wildman–Crippen LogP) is 0.927. The Morgan fingerprint density at radius 2 is 2.17 bits per heavy atom. The SMILES string of the molecule is CCC1CCCC1N1CCNCC1C(=O)N(C)C. The van der Waals surface area contributed by atoms with Gasteiger partial charge < -0.3 is 10.2 Å². The number of nitrogens with one attached hydrogen (secondary N) is 1. The van der Waals surface area contributed by atoms with E-state index in [0.29, 0.717) is 6.04 Å². The molecule has 4 nitrogen and oxygen atoms in total. The highest BCUT2D eigenvalue weighted by molar-refractivity contribution is 5.81. The maximum absolute atomic E-state index is 12.3. The molecule has 1 heterocycles. The van der Waals surface area contributed by atoms with Crippen LogP contribution in [-0.2, 0) is 4.79 Å². The number of amides is 1. The molecule has 0 radical (unpaired) electrons. The van der Waals surface area contributed by atoms with Crippen molar-refractivity contribution in [1.82, 2.24) is 15.1 Å². The third-order valence-electron chi connectivity index (χ3n) is 4.58. The van der Waals surface area contributed by atoms with E-state index in [9.17, 15) is 4.79 Å². The van der Waals surface area contributed by atoms with Gasteiger partial charge >= 0.3 is 0 Å². The standard InChI is InChI=1S/C14H27N3O/c1-4-11-6-5-7-12(11)17-9-8-15-10-13(17)14(18)16(2)3/h11-13,15H,4-10H2,1-3H3. The largest absolute Gasteiger partial charge is 0.347 e. The van der Waals surface area contributed by atoms with Crippen LogP contribution in [0.15, 0.2) is 0 Å². The Bertz CT molecular complexity index is 293. The molecule has 1 saturated heterocycles. The summed E-state index contributed by atoms with van der Waals surface area (Å²) in [5.74, 6) is 1.05. The summed E-state index contributed by atoms with van der Waals surface area (Å²) < 4.78 is 0. The summed E-state index contributed by atoms with van der Waals surface area (Å²) >= 11 is 0. The maximum Gasteiger partial charge on any atom is 0.240 e. The maximum atomic E-state index is 12.3. The summed E-state index contributed by atoms with van der Waals surface area (Å²) in [5, 5.41) is 3.37. The average molecular weight is 253 g/mol. The van der Waals surface area contributed by atoms with Crippen LogP contribution in [0, 0.1) is 5.92 Å². The van der Waals surface area contributed by atoms with Crippen molar-refractivity contribution in [3.8, 4) is 0 Å². The van der Waals surface area contributed by atoms with Gasteiger partial charge in [0.05, 0.1) is 0 Å². The van der Waals surface area contributed by atoms with Gasteiger partial charge in [0.15, 0.2) is 0 Å². The van der Waals surface area contributed by atoms with Gasteiger partial charge in [0.1, 0.15) is 6.04 Å². The highest BCUT2D eigenvalue weighted by atomic mass is 16.2. The predicted molar refractivity (Wildman–Crippen MR) is 73.5 cm³/mol. The second-order valence-corrected chi connectivity index (χ2v) is 5.86. The van der Waals surface area contributed by atoms with Crippen molar-refractivity contribution in [2.45, 2.75) is 44.7 Å². The van der Waals surface area contributed by atoms with Crippen molar-refractivity contribution in [2.75, 3.05) is 33.7 Å². The lowest BCUT2D eigenvalue weighted by Gasteiger charge is -2.42. The topological polar surface area (TPSA) is 35.6 Å². The minimum Gasteiger partial charge on any atom is -0.347 e. The van der Waals surface area contributed by atoms with Gasteiger partial charge in [0.2, 0.25) is 5.91 Å². The number of hydrogen-bond acceptors (Lipinski definition) is 3. The normalized spacial score (nSPS) is 33.6. The lowest BCUT2D eigenvalue weighted by atomic mass is 9.96. The smallest absolute Gasteiger partial charge is 0.240 e. The molecule has 0 aromatic carbocycles. The van der Waals surface area contributed by atoms with Crippen LogP contribution in [0.2, 0.25) is 0 Å². The number of likely N-dealkylation sites (N-methyl/N-ethyl adjacent to an activating group) is 1. The molecule has 1 saturated carbocycles.